The summed E-state index contributed by atoms with van der Waals surface area (Å²) >= 11 is 0. The molecule has 4 rings (SSSR count). The van der Waals surface area contributed by atoms with E-state index in [1.54, 1.807) is 17.0 Å². The summed E-state index contributed by atoms with van der Waals surface area (Å²) in [7, 11) is 0. The van der Waals surface area contributed by atoms with Gasteiger partial charge >= 0.3 is 5.69 Å². The molecule has 0 N–H and O–H groups in total. The molecule has 116 valence electrons. The summed E-state index contributed by atoms with van der Waals surface area (Å²) in [6.45, 7) is 0. The van der Waals surface area contributed by atoms with Gasteiger partial charge in [-0.15, -0.1) is 5.10 Å². The molecule has 0 aliphatic heterocycles. The molecule has 0 atom stereocenters. The monoisotopic (exact) mass is 314 g/mol. The van der Waals surface area contributed by atoms with E-state index in [0.717, 1.165) is 16.9 Å². The Morgan fingerprint density at radius 2 is 1.29 bits per heavy atom. The van der Waals surface area contributed by atoms with E-state index >= 15 is 0 Å². The van der Waals surface area contributed by atoms with Gasteiger partial charge in [0.05, 0.1) is 11.4 Å². The van der Waals surface area contributed by atoms with Gasteiger partial charge < -0.3 is 0 Å². The summed E-state index contributed by atoms with van der Waals surface area (Å²) in [5.74, 6) is 0.581. The zero-order valence-electron chi connectivity index (χ0n) is 12.8. The molecule has 0 amide bonds. The lowest BCUT2D eigenvalue weighted by atomic mass is 10.2. The molecule has 4 aromatic rings. The highest BCUT2D eigenvalue weighted by Gasteiger charge is 2.17. The number of benzene rings is 2. The summed E-state index contributed by atoms with van der Waals surface area (Å²) in [5.41, 5.74) is 2.13. The largest absolute Gasteiger partial charge is 0.355 e. The molecule has 5 nitrogen and oxygen atoms in total. The summed E-state index contributed by atoms with van der Waals surface area (Å²) in [6.07, 6.45) is 3.38. The average Bonchev–Trinajstić information content (AvgIpc) is 3.01. The summed E-state index contributed by atoms with van der Waals surface area (Å²) < 4.78 is 3.03. The quantitative estimate of drug-likeness (QED) is 0.584. The maximum atomic E-state index is 13.0. The van der Waals surface area contributed by atoms with Crippen LogP contribution in [0.2, 0.25) is 0 Å². The van der Waals surface area contributed by atoms with Gasteiger partial charge in [0.15, 0.2) is 5.82 Å². The molecular formula is C19H14N4O. The molecule has 0 aliphatic rings. The molecule has 0 spiro atoms. The number of para-hydroxylation sites is 2. The SMILES string of the molecule is O=c1n(-c2ccccc2)nc(-c2ccncc2)n1-c1ccccc1. The van der Waals surface area contributed by atoms with Crippen LogP contribution >= 0.6 is 0 Å². The second-order valence-corrected chi connectivity index (χ2v) is 5.26. The normalized spacial score (nSPS) is 10.7. The van der Waals surface area contributed by atoms with Crippen molar-refractivity contribution in [3.63, 3.8) is 0 Å². The van der Waals surface area contributed by atoms with Crippen molar-refractivity contribution in [3.8, 4) is 22.8 Å². The molecule has 0 saturated heterocycles. The number of hydrogen-bond donors (Lipinski definition) is 0. The Morgan fingerprint density at radius 1 is 0.708 bits per heavy atom. The fourth-order valence-electron chi connectivity index (χ4n) is 2.60. The molecule has 2 heterocycles. The highest BCUT2D eigenvalue weighted by molar-refractivity contribution is 5.57. The number of hydrogen-bond acceptors (Lipinski definition) is 3. The van der Waals surface area contributed by atoms with Crippen molar-refractivity contribution in [2.24, 2.45) is 0 Å². The Bertz CT molecular complexity index is 1010. The number of pyridine rings is 1. The summed E-state index contributed by atoms with van der Waals surface area (Å²) in [6, 6.07) is 22.6. The molecule has 2 aromatic carbocycles. The van der Waals surface area contributed by atoms with Gasteiger partial charge in [-0.25, -0.2) is 9.36 Å². The van der Waals surface area contributed by atoms with E-state index in [1.807, 2.05) is 72.8 Å². The Balaban J connectivity index is 2.01. The predicted molar refractivity (Wildman–Crippen MR) is 92.4 cm³/mol. The molecule has 2 aromatic heterocycles. The first-order chi connectivity index (χ1) is 11.8. The lowest BCUT2D eigenvalue weighted by Gasteiger charge is -2.04. The average molecular weight is 314 g/mol. The van der Waals surface area contributed by atoms with Crippen molar-refractivity contribution >= 4 is 0 Å². The van der Waals surface area contributed by atoms with Gasteiger partial charge in [-0.1, -0.05) is 36.4 Å². The fourth-order valence-corrected chi connectivity index (χ4v) is 2.60. The molecule has 0 aliphatic carbocycles. The summed E-state index contributed by atoms with van der Waals surface area (Å²) in [4.78, 5) is 17.1. The maximum Gasteiger partial charge on any atom is 0.355 e. The molecule has 0 fully saturated rings. The smallest absolute Gasteiger partial charge is 0.265 e. The minimum absolute atomic E-state index is 0.209. The molecule has 24 heavy (non-hydrogen) atoms. The van der Waals surface area contributed by atoms with E-state index in [9.17, 15) is 4.79 Å². The summed E-state index contributed by atoms with van der Waals surface area (Å²) in [5, 5.41) is 4.57. The van der Waals surface area contributed by atoms with E-state index in [2.05, 4.69) is 10.1 Å². The van der Waals surface area contributed by atoms with E-state index in [4.69, 9.17) is 0 Å². The van der Waals surface area contributed by atoms with Crippen molar-refractivity contribution in [2.45, 2.75) is 0 Å². The highest BCUT2D eigenvalue weighted by Crippen LogP contribution is 2.19. The second-order valence-electron chi connectivity index (χ2n) is 5.26. The topological polar surface area (TPSA) is 52.7 Å². The molecule has 0 bridgehead atoms. The first-order valence-corrected chi connectivity index (χ1v) is 7.58. The maximum absolute atomic E-state index is 13.0. The van der Waals surface area contributed by atoms with E-state index in [0.29, 0.717) is 5.82 Å². The first kappa shape index (κ1) is 14.1. The number of aromatic nitrogens is 4. The first-order valence-electron chi connectivity index (χ1n) is 7.58. The van der Waals surface area contributed by atoms with Crippen molar-refractivity contribution < 1.29 is 0 Å². The second kappa shape index (κ2) is 5.96. The molecular weight excluding hydrogens is 300 g/mol. The van der Waals surface area contributed by atoms with Crippen LogP contribution in [0.5, 0.6) is 0 Å². The van der Waals surface area contributed by atoms with E-state index in [1.165, 1.54) is 4.68 Å². The van der Waals surface area contributed by atoms with Crippen molar-refractivity contribution in [1.82, 2.24) is 19.3 Å². The van der Waals surface area contributed by atoms with Crippen LogP contribution in [0.4, 0.5) is 0 Å². The van der Waals surface area contributed by atoms with Crippen LogP contribution in [0, 0.1) is 0 Å². The predicted octanol–water partition coefficient (Wildman–Crippen LogP) is 3.09. The Labute approximate surface area is 138 Å². The lowest BCUT2D eigenvalue weighted by Crippen LogP contribution is -2.22. The third-order valence-corrected chi connectivity index (χ3v) is 3.73. The van der Waals surface area contributed by atoms with Crippen LogP contribution in [0.3, 0.4) is 0 Å². The van der Waals surface area contributed by atoms with Crippen LogP contribution in [0.15, 0.2) is 90.0 Å². The van der Waals surface area contributed by atoms with Crippen LogP contribution in [-0.2, 0) is 0 Å². The van der Waals surface area contributed by atoms with Gasteiger partial charge in [-0.05, 0) is 36.4 Å². The molecule has 0 unspecified atom stereocenters. The minimum atomic E-state index is -0.209. The molecule has 0 radical (unpaired) electrons. The van der Waals surface area contributed by atoms with Crippen molar-refractivity contribution in [3.05, 3.63) is 95.7 Å². The standard InChI is InChI=1S/C19H14N4O/c24-19-22(16-7-3-1-4-8-16)18(15-11-13-20-14-12-15)21-23(19)17-9-5-2-6-10-17/h1-14H. The van der Waals surface area contributed by atoms with E-state index < -0.39 is 0 Å². The third-order valence-electron chi connectivity index (χ3n) is 3.73. The minimum Gasteiger partial charge on any atom is -0.265 e. The van der Waals surface area contributed by atoms with Crippen LogP contribution in [0.1, 0.15) is 0 Å². The number of nitrogens with zero attached hydrogens (tertiary/aromatic N) is 4. The number of rotatable bonds is 3. The van der Waals surface area contributed by atoms with Crippen LogP contribution in [0.25, 0.3) is 22.8 Å². The van der Waals surface area contributed by atoms with Gasteiger partial charge in [-0.2, -0.15) is 4.68 Å². The van der Waals surface area contributed by atoms with Crippen molar-refractivity contribution in [2.75, 3.05) is 0 Å². The van der Waals surface area contributed by atoms with Crippen molar-refractivity contribution in [1.29, 1.82) is 0 Å². The zero-order valence-corrected chi connectivity index (χ0v) is 12.8. The third kappa shape index (κ3) is 2.42. The van der Waals surface area contributed by atoms with E-state index in [-0.39, 0.29) is 5.69 Å². The molecule has 0 saturated carbocycles. The Morgan fingerprint density at radius 3 is 1.92 bits per heavy atom. The molecule has 5 heteroatoms. The lowest BCUT2D eigenvalue weighted by molar-refractivity contribution is 0.830. The van der Waals surface area contributed by atoms with Gasteiger partial charge in [-0.3, -0.25) is 4.98 Å². The zero-order chi connectivity index (χ0) is 16.4. The van der Waals surface area contributed by atoms with Gasteiger partial charge in [0.2, 0.25) is 0 Å². The van der Waals surface area contributed by atoms with Gasteiger partial charge in [0.1, 0.15) is 0 Å². The van der Waals surface area contributed by atoms with Crippen LogP contribution < -0.4 is 5.69 Å². The Kier molecular flexibility index (Phi) is 3.51. The highest BCUT2D eigenvalue weighted by atomic mass is 16.2. The van der Waals surface area contributed by atoms with Gasteiger partial charge in [0, 0.05) is 18.0 Å². The Hall–Kier alpha value is -3.47. The van der Waals surface area contributed by atoms with Gasteiger partial charge in [0.25, 0.3) is 0 Å². The van der Waals surface area contributed by atoms with Crippen LogP contribution in [-0.4, -0.2) is 19.3 Å². The fraction of sp³-hybridized carbons (Fsp3) is 0.